The number of hydrogen-bond acceptors (Lipinski definition) is 2. The van der Waals surface area contributed by atoms with E-state index < -0.39 is 0 Å². The molecule has 2 nitrogen and oxygen atoms in total. The van der Waals surface area contributed by atoms with Crippen molar-refractivity contribution in [2.45, 2.75) is 19.3 Å². The molecule has 0 radical (unpaired) electrons. The van der Waals surface area contributed by atoms with E-state index in [9.17, 15) is 4.79 Å². The molecule has 0 N–H and O–H groups in total. The van der Waals surface area contributed by atoms with Crippen molar-refractivity contribution >= 4 is 5.78 Å². The van der Waals surface area contributed by atoms with Gasteiger partial charge in [0.25, 0.3) is 0 Å². The summed E-state index contributed by atoms with van der Waals surface area (Å²) in [4.78, 5) is 18.8. The van der Waals surface area contributed by atoms with Gasteiger partial charge >= 0.3 is 0 Å². The minimum Gasteiger partial charge on any atom is -0.289 e. The third-order valence-electron chi connectivity index (χ3n) is 9.47. The molecule has 1 heterocycles. The van der Waals surface area contributed by atoms with Crippen LogP contribution < -0.4 is 0 Å². The normalized spacial score (nSPS) is 13.1. The topological polar surface area (TPSA) is 30.0 Å². The summed E-state index contributed by atoms with van der Waals surface area (Å²) < 4.78 is 0. The minimum absolute atomic E-state index is 0.0979. The summed E-state index contributed by atoms with van der Waals surface area (Å²) in [5, 5.41) is 0. The highest BCUT2D eigenvalue weighted by Gasteiger charge is 2.36. The summed E-state index contributed by atoms with van der Waals surface area (Å²) in [6, 6.07) is 56.8. The average molecular weight is 604 g/mol. The molecular weight excluding hydrogens is 571 g/mol. The number of pyridine rings is 1. The molecule has 0 unspecified atom stereocenters. The fraction of sp³-hybridized carbons (Fsp3) is 0.0667. The Morgan fingerprint density at radius 3 is 1.55 bits per heavy atom. The van der Waals surface area contributed by atoms with Crippen LogP contribution in [-0.2, 0) is 5.41 Å². The SMILES string of the molecule is CC1(C)c2ccccc2C(=O)c2cc(-c3cccc(-c4cccc(-c5cc(-c6ccccc6)cc(-c6ccccc6)n5)c4)c3)ccc21. The molecule has 0 amide bonds. The number of carbonyl (C=O) groups is 1. The Hall–Kier alpha value is -5.86. The van der Waals surface area contributed by atoms with Crippen molar-refractivity contribution in [3.05, 3.63) is 186 Å². The monoisotopic (exact) mass is 603 g/mol. The first kappa shape index (κ1) is 28.6. The van der Waals surface area contributed by atoms with E-state index in [1.54, 1.807) is 0 Å². The highest BCUT2D eigenvalue weighted by molar-refractivity contribution is 6.13. The summed E-state index contributed by atoms with van der Waals surface area (Å²) in [5.74, 6) is 0.0979. The first-order chi connectivity index (χ1) is 23.0. The van der Waals surface area contributed by atoms with E-state index in [0.717, 1.165) is 78.1 Å². The largest absolute Gasteiger partial charge is 0.289 e. The van der Waals surface area contributed by atoms with E-state index in [-0.39, 0.29) is 11.2 Å². The highest BCUT2D eigenvalue weighted by Crippen LogP contribution is 2.42. The van der Waals surface area contributed by atoms with E-state index in [2.05, 4.69) is 147 Å². The lowest BCUT2D eigenvalue weighted by Gasteiger charge is -2.34. The Kier molecular flexibility index (Phi) is 7.00. The molecule has 6 aromatic carbocycles. The third kappa shape index (κ3) is 5.18. The molecule has 1 aliphatic carbocycles. The fourth-order valence-electron chi connectivity index (χ4n) is 6.94. The molecule has 1 aromatic heterocycles. The number of nitrogens with zero attached hydrogens (tertiary/aromatic N) is 1. The van der Waals surface area contributed by atoms with Gasteiger partial charge in [-0.05, 0) is 74.8 Å². The number of ketones is 1. The maximum absolute atomic E-state index is 13.7. The standard InChI is InChI=1S/C45H33NO/c1-45(2)40-22-10-9-21-38(40)44(47)39-27-35(23-24-41(39)45)33-18-11-17-32(25-33)34-19-12-20-36(26-34)43-29-37(30-13-5-3-6-14-30)28-42(46-43)31-15-7-4-8-16-31/h3-29H,1-2H3. The molecule has 1 aliphatic rings. The van der Waals surface area contributed by atoms with Gasteiger partial charge < -0.3 is 0 Å². The van der Waals surface area contributed by atoms with Gasteiger partial charge in [0, 0.05) is 27.7 Å². The first-order valence-corrected chi connectivity index (χ1v) is 16.1. The van der Waals surface area contributed by atoms with Crippen molar-refractivity contribution in [2.75, 3.05) is 0 Å². The molecular formula is C45H33NO. The Morgan fingerprint density at radius 2 is 0.872 bits per heavy atom. The Bertz CT molecular complexity index is 2220. The summed E-state index contributed by atoms with van der Waals surface area (Å²) in [6.07, 6.45) is 0. The molecule has 0 bridgehead atoms. The van der Waals surface area contributed by atoms with Crippen LogP contribution in [0, 0.1) is 0 Å². The number of benzene rings is 6. The van der Waals surface area contributed by atoms with Gasteiger partial charge in [0.05, 0.1) is 11.4 Å². The molecule has 7 aromatic rings. The molecule has 0 saturated heterocycles. The van der Waals surface area contributed by atoms with Crippen LogP contribution >= 0.6 is 0 Å². The smallest absolute Gasteiger partial charge is 0.193 e. The predicted octanol–water partition coefficient (Wildman–Crippen LogP) is 11.3. The van der Waals surface area contributed by atoms with Gasteiger partial charge in [-0.3, -0.25) is 4.79 Å². The maximum atomic E-state index is 13.7. The van der Waals surface area contributed by atoms with Gasteiger partial charge in [-0.25, -0.2) is 4.98 Å². The summed E-state index contributed by atoms with van der Waals surface area (Å²) >= 11 is 0. The lowest BCUT2D eigenvalue weighted by Crippen LogP contribution is -2.30. The zero-order valence-electron chi connectivity index (χ0n) is 26.4. The maximum Gasteiger partial charge on any atom is 0.193 e. The van der Waals surface area contributed by atoms with Crippen LogP contribution in [0.15, 0.2) is 164 Å². The summed E-state index contributed by atoms with van der Waals surface area (Å²) in [7, 11) is 0. The second-order valence-electron chi connectivity index (χ2n) is 12.8. The van der Waals surface area contributed by atoms with Gasteiger partial charge in [-0.1, -0.05) is 147 Å². The number of fused-ring (bicyclic) bond motifs is 2. The minimum atomic E-state index is -0.243. The molecule has 0 aliphatic heterocycles. The van der Waals surface area contributed by atoms with Crippen molar-refractivity contribution in [1.29, 1.82) is 0 Å². The quantitative estimate of drug-likeness (QED) is 0.196. The van der Waals surface area contributed by atoms with E-state index >= 15 is 0 Å². The molecule has 0 saturated carbocycles. The van der Waals surface area contributed by atoms with Crippen LogP contribution in [-0.4, -0.2) is 10.8 Å². The summed E-state index contributed by atoms with van der Waals surface area (Å²) in [5.41, 5.74) is 14.2. The lowest BCUT2D eigenvalue weighted by atomic mass is 9.68. The number of rotatable bonds is 5. The van der Waals surface area contributed by atoms with Gasteiger partial charge in [-0.2, -0.15) is 0 Å². The molecule has 0 fully saturated rings. The van der Waals surface area contributed by atoms with Crippen LogP contribution in [0.25, 0.3) is 55.9 Å². The van der Waals surface area contributed by atoms with Crippen LogP contribution in [0.3, 0.4) is 0 Å². The second-order valence-corrected chi connectivity index (χ2v) is 12.8. The average Bonchev–Trinajstić information content (AvgIpc) is 3.14. The van der Waals surface area contributed by atoms with E-state index in [4.69, 9.17) is 4.98 Å². The predicted molar refractivity (Wildman–Crippen MR) is 193 cm³/mol. The Labute approximate surface area is 276 Å². The molecule has 2 heteroatoms. The summed E-state index contributed by atoms with van der Waals surface area (Å²) in [6.45, 7) is 4.41. The molecule has 0 spiro atoms. The van der Waals surface area contributed by atoms with Gasteiger partial charge in [-0.15, -0.1) is 0 Å². The fourth-order valence-corrected chi connectivity index (χ4v) is 6.94. The van der Waals surface area contributed by atoms with Gasteiger partial charge in [0.15, 0.2) is 5.78 Å². The second kappa shape index (κ2) is 11.5. The Balaban J connectivity index is 1.18. The van der Waals surface area contributed by atoms with Gasteiger partial charge in [0.1, 0.15) is 0 Å². The third-order valence-corrected chi connectivity index (χ3v) is 9.47. The Morgan fingerprint density at radius 1 is 0.383 bits per heavy atom. The van der Waals surface area contributed by atoms with Crippen LogP contribution in [0.5, 0.6) is 0 Å². The van der Waals surface area contributed by atoms with E-state index in [1.165, 1.54) is 0 Å². The zero-order valence-corrected chi connectivity index (χ0v) is 26.4. The number of aromatic nitrogens is 1. The highest BCUT2D eigenvalue weighted by atomic mass is 16.1. The first-order valence-electron chi connectivity index (χ1n) is 16.1. The molecule has 0 atom stereocenters. The molecule has 47 heavy (non-hydrogen) atoms. The van der Waals surface area contributed by atoms with E-state index in [0.29, 0.717) is 0 Å². The van der Waals surface area contributed by atoms with Crippen LogP contribution in [0.4, 0.5) is 0 Å². The van der Waals surface area contributed by atoms with Crippen molar-refractivity contribution in [1.82, 2.24) is 4.98 Å². The van der Waals surface area contributed by atoms with Crippen LogP contribution in [0.2, 0.25) is 0 Å². The van der Waals surface area contributed by atoms with Gasteiger partial charge in [0.2, 0.25) is 0 Å². The zero-order chi connectivity index (χ0) is 32.0. The van der Waals surface area contributed by atoms with Crippen molar-refractivity contribution in [2.24, 2.45) is 0 Å². The van der Waals surface area contributed by atoms with Crippen molar-refractivity contribution in [3.63, 3.8) is 0 Å². The van der Waals surface area contributed by atoms with Crippen molar-refractivity contribution in [3.8, 4) is 55.9 Å². The van der Waals surface area contributed by atoms with E-state index in [1.807, 2.05) is 30.3 Å². The molecule has 224 valence electrons. The number of hydrogen-bond donors (Lipinski definition) is 0. The number of carbonyl (C=O) groups excluding carboxylic acids is 1. The van der Waals surface area contributed by atoms with Crippen molar-refractivity contribution < 1.29 is 4.79 Å². The lowest BCUT2D eigenvalue weighted by molar-refractivity contribution is 0.103. The van der Waals surface area contributed by atoms with Crippen LogP contribution in [0.1, 0.15) is 40.9 Å². The molecule has 8 rings (SSSR count).